The van der Waals surface area contributed by atoms with Gasteiger partial charge >= 0.3 is 6.01 Å². The third kappa shape index (κ3) is 4.31. The first-order valence-electron chi connectivity index (χ1n) is 10.3. The number of aromatic nitrogens is 4. The van der Waals surface area contributed by atoms with Crippen LogP contribution < -0.4 is 10.6 Å². The van der Waals surface area contributed by atoms with Gasteiger partial charge in [-0.25, -0.2) is 13.4 Å². The Bertz CT molecular complexity index is 1170. The maximum Gasteiger partial charge on any atom is 0.318 e. The van der Waals surface area contributed by atoms with E-state index in [4.69, 9.17) is 10.2 Å². The van der Waals surface area contributed by atoms with Gasteiger partial charge in [0.2, 0.25) is 0 Å². The Morgan fingerprint density at radius 2 is 1.94 bits per heavy atom. The van der Waals surface area contributed by atoms with Crippen molar-refractivity contribution in [3.63, 3.8) is 0 Å². The fourth-order valence-electron chi connectivity index (χ4n) is 3.50. The van der Waals surface area contributed by atoms with E-state index in [1.54, 1.807) is 44.3 Å². The van der Waals surface area contributed by atoms with Gasteiger partial charge in [-0.05, 0) is 45.7 Å². The molecule has 4 rings (SSSR count). The molecule has 0 aliphatic carbocycles. The number of benzene rings is 1. The molecule has 1 aliphatic heterocycles. The van der Waals surface area contributed by atoms with Crippen molar-refractivity contribution in [1.29, 1.82) is 0 Å². The molecule has 2 aromatic heterocycles. The minimum absolute atomic E-state index is 0.0939. The average molecular weight is 443 g/mol. The van der Waals surface area contributed by atoms with Crippen molar-refractivity contribution in [3.05, 3.63) is 36.2 Å². The van der Waals surface area contributed by atoms with Crippen molar-refractivity contribution >= 4 is 15.9 Å². The molecule has 0 bridgehead atoms. The van der Waals surface area contributed by atoms with Gasteiger partial charge in [0, 0.05) is 24.7 Å². The van der Waals surface area contributed by atoms with Crippen LogP contribution in [0.4, 0.5) is 6.01 Å². The number of nitrogens with zero attached hydrogens (tertiary/aromatic N) is 5. The van der Waals surface area contributed by atoms with Crippen molar-refractivity contribution < 1.29 is 12.8 Å². The third-order valence-electron chi connectivity index (χ3n) is 5.40. The lowest BCUT2D eigenvalue weighted by atomic mass is 10.1. The van der Waals surface area contributed by atoms with Crippen LogP contribution in [0.15, 0.2) is 39.8 Å². The summed E-state index contributed by atoms with van der Waals surface area (Å²) in [5, 5.41) is 7.85. The van der Waals surface area contributed by atoms with Crippen LogP contribution in [-0.4, -0.2) is 53.0 Å². The van der Waals surface area contributed by atoms with E-state index in [0.29, 0.717) is 35.5 Å². The van der Waals surface area contributed by atoms with Gasteiger partial charge in [-0.2, -0.15) is 0 Å². The molecule has 0 saturated carbocycles. The molecule has 1 saturated heterocycles. The number of rotatable bonds is 5. The number of aryl methyl sites for hydroxylation is 1. The Morgan fingerprint density at radius 3 is 2.61 bits per heavy atom. The van der Waals surface area contributed by atoms with Crippen molar-refractivity contribution in [1.82, 2.24) is 20.2 Å². The van der Waals surface area contributed by atoms with Crippen LogP contribution >= 0.6 is 0 Å². The highest BCUT2D eigenvalue weighted by molar-refractivity contribution is 7.92. The van der Waals surface area contributed by atoms with E-state index in [1.807, 2.05) is 11.8 Å². The molecule has 0 amide bonds. The van der Waals surface area contributed by atoms with Crippen molar-refractivity contribution in [3.8, 4) is 22.8 Å². The van der Waals surface area contributed by atoms with Gasteiger partial charge in [-0.3, -0.25) is 4.98 Å². The molecule has 3 aromatic rings. The summed E-state index contributed by atoms with van der Waals surface area (Å²) in [6.45, 7) is 6.66. The molecule has 10 heteroatoms. The minimum atomic E-state index is -3.33. The Morgan fingerprint density at radius 1 is 1.19 bits per heavy atom. The van der Waals surface area contributed by atoms with Crippen molar-refractivity contribution in [2.45, 2.75) is 49.8 Å². The summed E-state index contributed by atoms with van der Waals surface area (Å²) in [5.41, 5.74) is 8.55. The van der Waals surface area contributed by atoms with Crippen LogP contribution in [0, 0.1) is 6.92 Å². The average Bonchev–Trinajstić information content (AvgIpc) is 3.24. The second-order valence-electron chi connectivity index (χ2n) is 8.05. The molecule has 1 fully saturated rings. The fourth-order valence-corrected chi connectivity index (χ4v) is 4.56. The number of hydrogen-bond acceptors (Lipinski definition) is 9. The molecule has 9 nitrogen and oxygen atoms in total. The number of hydrogen-bond donors (Lipinski definition) is 1. The largest absolute Gasteiger partial charge is 0.401 e. The second-order valence-corrected chi connectivity index (χ2v) is 10.5. The van der Waals surface area contributed by atoms with Gasteiger partial charge < -0.3 is 15.1 Å². The maximum atomic E-state index is 12.3. The van der Waals surface area contributed by atoms with Crippen molar-refractivity contribution in [2.24, 2.45) is 5.73 Å². The predicted molar refractivity (Wildman–Crippen MR) is 117 cm³/mol. The minimum Gasteiger partial charge on any atom is -0.401 e. The summed E-state index contributed by atoms with van der Waals surface area (Å²) in [5.74, 6) is 0.292. The van der Waals surface area contributed by atoms with Crippen LogP contribution in [0.3, 0.4) is 0 Å². The summed E-state index contributed by atoms with van der Waals surface area (Å²) in [6, 6.07) is 7.17. The van der Waals surface area contributed by atoms with Crippen LogP contribution in [-0.2, 0) is 9.84 Å². The topological polar surface area (TPSA) is 128 Å². The molecule has 2 N–H and O–H groups in total. The zero-order valence-electron chi connectivity index (χ0n) is 17.8. The van der Waals surface area contributed by atoms with Gasteiger partial charge in [0.05, 0.1) is 27.7 Å². The first-order valence-corrected chi connectivity index (χ1v) is 11.8. The molecule has 0 radical (unpaired) electrons. The van der Waals surface area contributed by atoms with Crippen LogP contribution in [0.2, 0.25) is 0 Å². The number of nitrogens with two attached hydrogens (primary N) is 1. The first-order chi connectivity index (χ1) is 14.8. The molecule has 1 aromatic carbocycles. The Kier molecular flexibility index (Phi) is 5.76. The first kappa shape index (κ1) is 21.4. The summed E-state index contributed by atoms with van der Waals surface area (Å²) >= 11 is 0. The molecule has 1 unspecified atom stereocenters. The quantitative estimate of drug-likeness (QED) is 0.634. The van der Waals surface area contributed by atoms with E-state index in [9.17, 15) is 8.42 Å². The number of anilines is 1. The van der Waals surface area contributed by atoms with E-state index < -0.39 is 15.1 Å². The Labute approximate surface area is 181 Å². The number of piperidine rings is 1. The molecule has 0 spiro atoms. The molecule has 164 valence electrons. The summed E-state index contributed by atoms with van der Waals surface area (Å²) < 4.78 is 30.6. The van der Waals surface area contributed by atoms with Gasteiger partial charge in [-0.1, -0.05) is 17.2 Å². The maximum absolute atomic E-state index is 12.3. The highest BCUT2D eigenvalue weighted by atomic mass is 32.2. The third-order valence-corrected chi connectivity index (χ3v) is 7.57. The van der Waals surface area contributed by atoms with E-state index in [2.05, 4.69) is 20.2 Å². The highest BCUT2D eigenvalue weighted by Crippen LogP contribution is 2.27. The summed E-state index contributed by atoms with van der Waals surface area (Å²) in [6.07, 6.45) is 3.61. The second kappa shape index (κ2) is 8.35. The predicted octanol–water partition coefficient (Wildman–Crippen LogP) is 2.61. The Balaban J connectivity index is 1.62. The van der Waals surface area contributed by atoms with Crippen LogP contribution in [0.5, 0.6) is 0 Å². The molecule has 31 heavy (non-hydrogen) atoms. The summed E-state index contributed by atoms with van der Waals surface area (Å²) in [4.78, 5) is 11.4. The zero-order chi connectivity index (χ0) is 22.2. The number of sulfone groups is 1. The van der Waals surface area contributed by atoms with Crippen molar-refractivity contribution in [2.75, 3.05) is 18.0 Å². The van der Waals surface area contributed by atoms with Gasteiger partial charge in [0.15, 0.2) is 9.84 Å². The standard InChI is InChI=1S/C21H26N6O3S/c1-13(2)31(28,29)17-8-6-15(7-9-17)18-11-23-14(3)19(24-18)20-25-26-21(30-20)27-10-4-5-16(22)12-27/h6-9,11,13,16H,4-5,10,12,22H2,1-3H3. The fraction of sp³-hybridized carbons (Fsp3) is 0.429. The summed E-state index contributed by atoms with van der Waals surface area (Å²) in [7, 11) is -3.33. The lowest BCUT2D eigenvalue weighted by Gasteiger charge is -2.28. The lowest BCUT2D eigenvalue weighted by molar-refractivity contribution is 0.460. The van der Waals surface area contributed by atoms with Crippen LogP contribution in [0.25, 0.3) is 22.8 Å². The van der Waals surface area contributed by atoms with E-state index in [0.717, 1.165) is 24.9 Å². The van der Waals surface area contributed by atoms with E-state index >= 15 is 0 Å². The molecule has 1 aliphatic rings. The van der Waals surface area contributed by atoms with E-state index in [1.165, 1.54) is 0 Å². The normalized spacial score (nSPS) is 17.3. The highest BCUT2D eigenvalue weighted by Gasteiger charge is 2.23. The molecule has 3 heterocycles. The molecular formula is C21H26N6O3S. The van der Waals surface area contributed by atoms with Gasteiger partial charge in [-0.15, -0.1) is 5.10 Å². The molecular weight excluding hydrogens is 416 g/mol. The molecule has 1 atom stereocenters. The smallest absolute Gasteiger partial charge is 0.318 e. The lowest BCUT2D eigenvalue weighted by Crippen LogP contribution is -2.43. The van der Waals surface area contributed by atoms with E-state index in [-0.39, 0.29) is 10.9 Å². The monoisotopic (exact) mass is 442 g/mol. The zero-order valence-corrected chi connectivity index (χ0v) is 18.6. The van der Waals surface area contributed by atoms with Gasteiger partial charge in [0.25, 0.3) is 5.89 Å². The SMILES string of the molecule is Cc1ncc(-c2ccc(S(=O)(=O)C(C)C)cc2)nc1-c1nnc(N2CCCC(N)C2)o1. The van der Waals surface area contributed by atoms with Gasteiger partial charge in [0.1, 0.15) is 5.69 Å². The van der Waals surface area contributed by atoms with Crippen LogP contribution in [0.1, 0.15) is 32.4 Å². The Hall–Kier alpha value is -2.85.